The summed E-state index contributed by atoms with van der Waals surface area (Å²) in [6.45, 7) is 0. The van der Waals surface area contributed by atoms with Crippen molar-refractivity contribution in [1.29, 1.82) is 5.26 Å². The van der Waals surface area contributed by atoms with E-state index in [0.29, 0.717) is 0 Å². The Bertz CT molecular complexity index is 352. The van der Waals surface area contributed by atoms with E-state index in [2.05, 4.69) is 24.6 Å². The van der Waals surface area contributed by atoms with Crippen molar-refractivity contribution in [1.82, 2.24) is 0 Å². The van der Waals surface area contributed by atoms with E-state index in [1.54, 1.807) is 0 Å². The van der Waals surface area contributed by atoms with Crippen molar-refractivity contribution in [3.05, 3.63) is 41.8 Å². The topological polar surface area (TPSA) is 23.8 Å². The quantitative estimate of drug-likeness (QED) is 0.745. The number of benzene rings is 1. The van der Waals surface area contributed by atoms with Gasteiger partial charge in [-0.05, 0) is 55.7 Å². The molecule has 1 nitrogen and oxygen atoms in total. The lowest BCUT2D eigenvalue weighted by molar-refractivity contribution is 0.381. The van der Waals surface area contributed by atoms with Gasteiger partial charge in [0.25, 0.3) is 0 Å². The van der Waals surface area contributed by atoms with Gasteiger partial charge < -0.3 is 0 Å². The van der Waals surface area contributed by atoms with Crippen LogP contribution in [-0.4, -0.2) is 0 Å². The van der Waals surface area contributed by atoms with Gasteiger partial charge in [-0.1, -0.05) is 25.0 Å². The van der Waals surface area contributed by atoms with Crippen LogP contribution in [0.15, 0.2) is 24.3 Å². The van der Waals surface area contributed by atoms with E-state index >= 15 is 0 Å². The summed E-state index contributed by atoms with van der Waals surface area (Å²) in [6.07, 6.45) is 10.2. The van der Waals surface area contributed by atoms with Crippen molar-refractivity contribution in [2.75, 3.05) is 0 Å². The van der Waals surface area contributed by atoms with Gasteiger partial charge in [0, 0.05) is 0 Å². The molecule has 1 saturated carbocycles. The highest BCUT2D eigenvalue weighted by molar-refractivity contribution is 5.31. The SMILES string of the molecule is N#Cc1ccc(CCC2CC[CH]CC2)cc1. The fourth-order valence-corrected chi connectivity index (χ4v) is 2.40. The minimum Gasteiger partial charge on any atom is -0.192 e. The molecule has 0 spiro atoms. The zero-order chi connectivity index (χ0) is 11.2. The molecular formula is C15H18N. The predicted octanol–water partition coefficient (Wildman–Crippen LogP) is 3.89. The Hall–Kier alpha value is -1.29. The van der Waals surface area contributed by atoms with E-state index in [1.165, 1.54) is 37.7 Å². The van der Waals surface area contributed by atoms with Crippen molar-refractivity contribution in [2.45, 2.75) is 38.5 Å². The molecule has 1 aromatic carbocycles. The van der Waals surface area contributed by atoms with E-state index < -0.39 is 0 Å². The smallest absolute Gasteiger partial charge is 0.0991 e. The zero-order valence-electron chi connectivity index (χ0n) is 9.65. The molecule has 1 heteroatoms. The van der Waals surface area contributed by atoms with Crippen LogP contribution in [0.1, 0.15) is 43.2 Å². The Morgan fingerprint density at radius 2 is 1.81 bits per heavy atom. The van der Waals surface area contributed by atoms with Crippen LogP contribution in [0.2, 0.25) is 0 Å². The lowest BCUT2D eigenvalue weighted by atomic mass is 9.85. The predicted molar refractivity (Wildman–Crippen MR) is 65.7 cm³/mol. The molecule has 1 aliphatic carbocycles. The average molecular weight is 212 g/mol. The van der Waals surface area contributed by atoms with Gasteiger partial charge in [-0.3, -0.25) is 0 Å². The van der Waals surface area contributed by atoms with Gasteiger partial charge in [-0.15, -0.1) is 0 Å². The normalized spacial score (nSPS) is 16.9. The largest absolute Gasteiger partial charge is 0.192 e. The first kappa shape index (κ1) is 11.2. The van der Waals surface area contributed by atoms with Crippen LogP contribution in [0.25, 0.3) is 0 Å². The molecule has 1 fully saturated rings. The molecule has 0 atom stereocenters. The molecule has 1 aliphatic rings. The molecule has 0 unspecified atom stereocenters. The van der Waals surface area contributed by atoms with Gasteiger partial charge in [-0.25, -0.2) is 0 Å². The second-order valence-electron chi connectivity index (χ2n) is 4.66. The van der Waals surface area contributed by atoms with E-state index in [9.17, 15) is 0 Å². The first-order valence-electron chi connectivity index (χ1n) is 6.19. The molecule has 0 aromatic heterocycles. The molecule has 0 N–H and O–H groups in total. The van der Waals surface area contributed by atoms with Gasteiger partial charge in [0.1, 0.15) is 0 Å². The third-order valence-electron chi connectivity index (χ3n) is 3.48. The van der Waals surface area contributed by atoms with Crippen molar-refractivity contribution in [3.63, 3.8) is 0 Å². The summed E-state index contributed by atoms with van der Waals surface area (Å²) < 4.78 is 0. The second-order valence-corrected chi connectivity index (χ2v) is 4.66. The lowest BCUT2D eigenvalue weighted by Crippen LogP contribution is -2.07. The zero-order valence-corrected chi connectivity index (χ0v) is 9.65. The van der Waals surface area contributed by atoms with Crippen LogP contribution >= 0.6 is 0 Å². The van der Waals surface area contributed by atoms with Crippen molar-refractivity contribution >= 4 is 0 Å². The molecule has 0 saturated heterocycles. The van der Waals surface area contributed by atoms with Crippen LogP contribution in [0.3, 0.4) is 0 Å². The maximum absolute atomic E-state index is 8.71. The summed E-state index contributed by atoms with van der Waals surface area (Å²) in [7, 11) is 0. The van der Waals surface area contributed by atoms with Crippen molar-refractivity contribution < 1.29 is 0 Å². The summed E-state index contributed by atoms with van der Waals surface area (Å²) >= 11 is 0. The van der Waals surface area contributed by atoms with E-state index in [1.807, 2.05) is 12.1 Å². The maximum atomic E-state index is 8.71. The van der Waals surface area contributed by atoms with Gasteiger partial charge in [0.15, 0.2) is 0 Å². The molecule has 0 bridgehead atoms. The van der Waals surface area contributed by atoms with E-state index in [0.717, 1.165) is 17.9 Å². The second kappa shape index (κ2) is 5.70. The summed E-state index contributed by atoms with van der Waals surface area (Å²) in [5.41, 5.74) is 2.13. The Balaban J connectivity index is 1.82. The highest BCUT2D eigenvalue weighted by Gasteiger charge is 2.12. The summed E-state index contributed by atoms with van der Waals surface area (Å²) in [4.78, 5) is 0. The molecule has 1 aromatic rings. The molecule has 1 radical (unpaired) electrons. The number of aryl methyl sites for hydroxylation is 1. The molecular weight excluding hydrogens is 194 g/mol. The number of nitrogens with zero attached hydrogens (tertiary/aromatic N) is 1. The molecule has 0 heterocycles. The highest BCUT2D eigenvalue weighted by atomic mass is 14.2. The maximum Gasteiger partial charge on any atom is 0.0991 e. The molecule has 16 heavy (non-hydrogen) atoms. The first-order chi connectivity index (χ1) is 7.88. The van der Waals surface area contributed by atoms with Crippen LogP contribution in [0.5, 0.6) is 0 Å². The Morgan fingerprint density at radius 3 is 2.44 bits per heavy atom. The van der Waals surface area contributed by atoms with Gasteiger partial charge in [0.05, 0.1) is 11.6 Å². The minimum atomic E-state index is 0.760. The van der Waals surface area contributed by atoms with E-state index in [4.69, 9.17) is 5.26 Å². The molecule has 0 aliphatic heterocycles. The number of nitriles is 1. The van der Waals surface area contributed by atoms with Crippen LogP contribution in [0.4, 0.5) is 0 Å². The molecule has 2 rings (SSSR count). The third kappa shape index (κ3) is 3.10. The average Bonchev–Trinajstić information content (AvgIpc) is 2.38. The monoisotopic (exact) mass is 212 g/mol. The fourth-order valence-electron chi connectivity index (χ4n) is 2.40. The van der Waals surface area contributed by atoms with E-state index in [-0.39, 0.29) is 0 Å². The summed E-state index contributed by atoms with van der Waals surface area (Å²) in [6, 6.07) is 10.2. The fraction of sp³-hybridized carbons (Fsp3) is 0.467. The number of rotatable bonds is 3. The van der Waals surface area contributed by atoms with Crippen molar-refractivity contribution in [2.24, 2.45) is 5.92 Å². The first-order valence-corrected chi connectivity index (χ1v) is 6.19. The Kier molecular flexibility index (Phi) is 3.99. The van der Waals surface area contributed by atoms with Crippen molar-refractivity contribution in [3.8, 4) is 6.07 Å². The van der Waals surface area contributed by atoms with Gasteiger partial charge in [-0.2, -0.15) is 5.26 Å². The number of hydrogen-bond acceptors (Lipinski definition) is 1. The Labute approximate surface area is 98.1 Å². The molecule has 83 valence electrons. The molecule has 0 amide bonds. The van der Waals surface area contributed by atoms with Crippen LogP contribution < -0.4 is 0 Å². The highest BCUT2D eigenvalue weighted by Crippen LogP contribution is 2.26. The van der Waals surface area contributed by atoms with Crippen LogP contribution in [-0.2, 0) is 6.42 Å². The number of hydrogen-bond donors (Lipinski definition) is 0. The summed E-state index contributed by atoms with van der Waals surface area (Å²) in [5, 5.41) is 8.71. The third-order valence-corrected chi connectivity index (χ3v) is 3.48. The minimum absolute atomic E-state index is 0.760. The van der Waals surface area contributed by atoms with Crippen LogP contribution in [0, 0.1) is 23.7 Å². The van der Waals surface area contributed by atoms with Gasteiger partial charge in [0.2, 0.25) is 0 Å². The Morgan fingerprint density at radius 1 is 1.12 bits per heavy atom. The van der Waals surface area contributed by atoms with Gasteiger partial charge >= 0.3 is 0 Å². The standard InChI is InChI=1S/C15H18N/c16-12-15-10-8-14(9-11-15)7-6-13-4-2-1-3-5-13/h1,8-11,13H,2-7H2. The summed E-state index contributed by atoms with van der Waals surface area (Å²) in [5.74, 6) is 0.917. The lowest BCUT2D eigenvalue weighted by Gasteiger charge is -2.21.